The molecular weight excluding hydrogens is 500 g/mol. The van der Waals surface area contributed by atoms with Crippen LogP contribution in [-0.2, 0) is 27.7 Å². The molecule has 1 aliphatic heterocycles. The highest BCUT2D eigenvalue weighted by Gasteiger charge is 2.38. The highest BCUT2D eigenvalue weighted by Crippen LogP contribution is 2.38. The van der Waals surface area contributed by atoms with Crippen LogP contribution >= 0.6 is 0 Å². The molecule has 0 fully saturated rings. The van der Waals surface area contributed by atoms with E-state index < -0.39 is 16.1 Å². The molecule has 0 aromatic heterocycles. The summed E-state index contributed by atoms with van der Waals surface area (Å²) < 4.78 is 40.0. The molecule has 1 heterocycles. The lowest BCUT2D eigenvalue weighted by atomic mass is 9.88. The molecule has 5 rings (SSSR count). The molecule has 0 spiro atoms. The lowest BCUT2D eigenvalue weighted by Gasteiger charge is -2.35. The van der Waals surface area contributed by atoms with Gasteiger partial charge in [0.1, 0.15) is 11.5 Å². The van der Waals surface area contributed by atoms with Crippen LogP contribution in [0.25, 0.3) is 0 Å². The Hall–Kier alpha value is -3.52. The Morgan fingerprint density at radius 1 is 1.05 bits per heavy atom. The van der Waals surface area contributed by atoms with Crippen molar-refractivity contribution in [3.8, 4) is 11.5 Å². The summed E-state index contributed by atoms with van der Waals surface area (Å²) >= 11 is 0. The smallest absolute Gasteiger partial charge is 0.264 e. The molecule has 1 amide bonds. The molecule has 2 unspecified atom stereocenters. The Morgan fingerprint density at radius 3 is 2.50 bits per heavy atom. The van der Waals surface area contributed by atoms with Gasteiger partial charge < -0.3 is 14.8 Å². The molecule has 1 N–H and O–H groups in total. The van der Waals surface area contributed by atoms with Gasteiger partial charge in [-0.25, -0.2) is 8.42 Å². The van der Waals surface area contributed by atoms with Crippen molar-refractivity contribution in [3.05, 3.63) is 82.9 Å². The van der Waals surface area contributed by atoms with Crippen LogP contribution in [0.4, 0.5) is 5.69 Å². The van der Waals surface area contributed by atoms with Gasteiger partial charge in [0.05, 0.1) is 30.3 Å². The number of carbonyl (C=O) groups is 1. The van der Waals surface area contributed by atoms with E-state index in [2.05, 4.69) is 23.5 Å². The Kier molecular flexibility index (Phi) is 7.34. The van der Waals surface area contributed by atoms with Gasteiger partial charge in [0.25, 0.3) is 15.9 Å². The fourth-order valence-corrected chi connectivity index (χ4v) is 6.73. The maximum Gasteiger partial charge on any atom is 0.264 e. The second kappa shape index (κ2) is 10.7. The lowest BCUT2D eigenvalue weighted by molar-refractivity contribution is -0.128. The van der Waals surface area contributed by atoms with Crippen molar-refractivity contribution in [2.75, 3.05) is 18.0 Å². The first-order valence-corrected chi connectivity index (χ1v) is 14.6. The van der Waals surface area contributed by atoms with Gasteiger partial charge in [-0.1, -0.05) is 31.2 Å². The molecule has 0 saturated carbocycles. The van der Waals surface area contributed by atoms with E-state index in [1.807, 2.05) is 19.9 Å². The number of nitrogens with zero attached hydrogens (tertiary/aromatic N) is 1. The number of nitrogens with one attached hydrogen (secondary N) is 1. The van der Waals surface area contributed by atoms with Crippen molar-refractivity contribution < 1.29 is 22.7 Å². The van der Waals surface area contributed by atoms with Gasteiger partial charge in [-0.05, 0) is 97.7 Å². The van der Waals surface area contributed by atoms with Crippen LogP contribution in [0.5, 0.6) is 11.5 Å². The molecule has 3 aromatic carbocycles. The highest BCUT2D eigenvalue weighted by molar-refractivity contribution is 7.92. The molecule has 7 nitrogen and oxygen atoms in total. The predicted octanol–water partition coefficient (Wildman–Crippen LogP) is 5.11. The minimum Gasteiger partial charge on any atom is -0.497 e. The number of hydrogen-bond acceptors (Lipinski definition) is 5. The number of methoxy groups -OCH3 is 1. The van der Waals surface area contributed by atoms with E-state index in [0.717, 1.165) is 24.0 Å². The number of ether oxygens (including phenoxy) is 2. The van der Waals surface area contributed by atoms with Gasteiger partial charge in [0.2, 0.25) is 0 Å². The SMILES string of the molecule is CCC(NC(=O)C1CN(S(=O)(=O)c2ccc(OC)cc2)c2ccc(C)cc2O1)c1ccc2c(c1)CCCC2. The molecule has 0 saturated heterocycles. The fraction of sp³-hybridized carbons (Fsp3) is 0.367. The number of carbonyl (C=O) groups excluding carboxylic acids is 1. The molecule has 200 valence electrons. The second-order valence-corrected chi connectivity index (χ2v) is 11.9. The number of sulfonamides is 1. The van der Waals surface area contributed by atoms with E-state index in [9.17, 15) is 13.2 Å². The zero-order valence-electron chi connectivity index (χ0n) is 22.1. The summed E-state index contributed by atoms with van der Waals surface area (Å²) in [5.41, 5.74) is 5.14. The molecular formula is C30H34N2O5S. The van der Waals surface area contributed by atoms with Crippen molar-refractivity contribution in [2.24, 2.45) is 0 Å². The number of fused-ring (bicyclic) bond motifs is 2. The quantitative estimate of drug-likeness (QED) is 0.456. The van der Waals surface area contributed by atoms with E-state index in [4.69, 9.17) is 9.47 Å². The van der Waals surface area contributed by atoms with Crippen molar-refractivity contribution >= 4 is 21.6 Å². The zero-order chi connectivity index (χ0) is 26.9. The predicted molar refractivity (Wildman–Crippen MR) is 147 cm³/mol. The van der Waals surface area contributed by atoms with Gasteiger partial charge in [-0.15, -0.1) is 0 Å². The Bertz CT molecular complexity index is 1440. The largest absolute Gasteiger partial charge is 0.497 e. The van der Waals surface area contributed by atoms with Crippen molar-refractivity contribution in [3.63, 3.8) is 0 Å². The van der Waals surface area contributed by atoms with E-state index in [-0.39, 0.29) is 23.4 Å². The van der Waals surface area contributed by atoms with Crippen LogP contribution in [0.2, 0.25) is 0 Å². The summed E-state index contributed by atoms with van der Waals surface area (Å²) in [6.45, 7) is 3.81. The fourth-order valence-electron chi connectivity index (χ4n) is 5.26. The number of benzene rings is 3. The molecule has 2 aliphatic rings. The molecule has 38 heavy (non-hydrogen) atoms. The number of rotatable bonds is 7. The first kappa shape index (κ1) is 26.1. The third-order valence-electron chi connectivity index (χ3n) is 7.42. The number of hydrogen-bond donors (Lipinski definition) is 1. The van der Waals surface area contributed by atoms with E-state index in [1.54, 1.807) is 24.3 Å². The third-order valence-corrected chi connectivity index (χ3v) is 9.22. The Balaban J connectivity index is 1.42. The number of aryl methyl sites for hydroxylation is 3. The van der Waals surface area contributed by atoms with Gasteiger partial charge >= 0.3 is 0 Å². The van der Waals surface area contributed by atoms with E-state index in [0.29, 0.717) is 23.6 Å². The first-order valence-electron chi connectivity index (χ1n) is 13.2. The van der Waals surface area contributed by atoms with Gasteiger partial charge in [0.15, 0.2) is 6.10 Å². The Morgan fingerprint density at radius 2 is 1.79 bits per heavy atom. The molecule has 0 bridgehead atoms. The summed E-state index contributed by atoms with van der Waals surface area (Å²) in [4.78, 5) is 13.7. The monoisotopic (exact) mass is 534 g/mol. The Labute approximate surface area is 224 Å². The number of anilines is 1. The van der Waals surface area contributed by atoms with Crippen LogP contribution in [0.3, 0.4) is 0 Å². The van der Waals surface area contributed by atoms with E-state index >= 15 is 0 Å². The van der Waals surface area contributed by atoms with Crippen LogP contribution in [0, 0.1) is 6.92 Å². The molecule has 0 radical (unpaired) electrons. The molecule has 2 atom stereocenters. The average molecular weight is 535 g/mol. The van der Waals surface area contributed by atoms with Gasteiger partial charge in [-0.3, -0.25) is 9.10 Å². The molecule has 8 heteroatoms. The van der Waals surface area contributed by atoms with Crippen LogP contribution in [0.1, 0.15) is 54.5 Å². The topological polar surface area (TPSA) is 84.9 Å². The minimum absolute atomic E-state index is 0.117. The molecule has 1 aliphatic carbocycles. The van der Waals surface area contributed by atoms with Gasteiger partial charge in [-0.2, -0.15) is 0 Å². The van der Waals surface area contributed by atoms with Crippen LogP contribution < -0.4 is 19.1 Å². The summed E-state index contributed by atoms with van der Waals surface area (Å²) in [6.07, 6.45) is 4.28. The number of amides is 1. The van der Waals surface area contributed by atoms with Crippen LogP contribution in [0.15, 0.2) is 65.6 Å². The normalized spacial score (nSPS) is 17.6. The zero-order valence-corrected chi connectivity index (χ0v) is 22.9. The molecule has 3 aromatic rings. The highest BCUT2D eigenvalue weighted by atomic mass is 32.2. The lowest BCUT2D eigenvalue weighted by Crippen LogP contribution is -2.51. The third kappa shape index (κ3) is 5.10. The summed E-state index contributed by atoms with van der Waals surface area (Å²) in [5.74, 6) is 0.596. The van der Waals surface area contributed by atoms with Crippen molar-refractivity contribution in [1.29, 1.82) is 0 Å². The summed E-state index contributed by atoms with van der Waals surface area (Å²) in [7, 11) is -2.43. The first-order chi connectivity index (χ1) is 18.3. The van der Waals surface area contributed by atoms with Crippen LogP contribution in [-0.4, -0.2) is 34.1 Å². The summed E-state index contributed by atoms with van der Waals surface area (Å²) in [5, 5.41) is 3.13. The van der Waals surface area contributed by atoms with Crippen molar-refractivity contribution in [1.82, 2.24) is 5.32 Å². The standard InChI is InChI=1S/C30H34N2O5S/c1-4-26(23-11-10-21-7-5-6-8-22(21)18-23)31-30(33)29-19-32(27-16-9-20(2)17-28(27)37-29)38(34,35)25-14-12-24(36-3)13-15-25/h9-18,26,29H,4-8,19H2,1-3H3,(H,31,33). The average Bonchev–Trinajstić information content (AvgIpc) is 2.94. The second-order valence-electron chi connectivity index (χ2n) is 9.99. The minimum atomic E-state index is -3.96. The van der Waals surface area contributed by atoms with Gasteiger partial charge in [0, 0.05) is 0 Å². The van der Waals surface area contributed by atoms with Crippen molar-refractivity contribution in [2.45, 2.75) is 63.0 Å². The maximum absolute atomic E-state index is 13.7. The van der Waals surface area contributed by atoms with E-state index in [1.165, 1.54) is 47.5 Å². The summed E-state index contributed by atoms with van der Waals surface area (Å²) in [6, 6.07) is 17.9. The maximum atomic E-state index is 13.7.